The molecular formula is C21H29N3O5. The number of piperidine rings is 1. The summed E-state index contributed by atoms with van der Waals surface area (Å²) in [5.41, 5.74) is 0.788. The molecular weight excluding hydrogens is 374 g/mol. The van der Waals surface area contributed by atoms with Crippen molar-refractivity contribution in [3.05, 3.63) is 24.3 Å². The molecule has 3 rings (SSSR count). The van der Waals surface area contributed by atoms with Gasteiger partial charge in [-0.1, -0.05) is 0 Å². The Balaban J connectivity index is 1.55. The van der Waals surface area contributed by atoms with Gasteiger partial charge in [0.1, 0.15) is 5.75 Å². The zero-order valence-electron chi connectivity index (χ0n) is 17.1. The lowest BCUT2D eigenvalue weighted by molar-refractivity contribution is -0.149. The first-order chi connectivity index (χ1) is 14.0. The van der Waals surface area contributed by atoms with Gasteiger partial charge in [0.15, 0.2) is 0 Å². The molecule has 158 valence electrons. The number of benzene rings is 1. The van der Waals surface area contributed by atoms with Gasteiger partial charge >= 0.3 is 12.0 Å². The van der Waals surface area contributed by atoms with Crippen molar-refractivity contribution in [1.82, 2.24) is 10.2 Å². The molecule has 1 N–H and O–H groups in total. The van der Waals surface area contributed by atoms with E-state index in [0.29, 0.717) is 32.8 Å². The summed E-state index contributed by atoms with van der Waals surface area (Å²) >= 11 is 0. The zero-order valence-corrected chi connectivity index (χ0v) is 17.1. The van der Waals surface area contributed by atoms with Crippen LogP contribution < -0.4 is 15.0 Å². The summed E-state index contributed by atoms with van der Waals surface area (Å²) in [5, 5.41) is 2.95. The second-order valence-electron chi connectivity index (χ2n) is 7.32. The number of ether oxygens (including phenoxy) is 2. The SMILES string of the molecule is CCOC(=O)C1CCCN(C(=O)NC2CC(=O)N(c3ccc(OCC)cc3)C2)C1. The smallest absolute Gasteiger partial charge is 0.317 e. The zero-order chi connectivity index (χ0) is 20.8. The van der Waals surface area contributed by atoms with Gasteiger partial charge in [0, 0.05) is 31.7 Å². The molecule has 2 aliphatic heterocycles. The highest BCUT2D eigenvalue weighted by Gasteiger charge is 2.34. The molecule has 2 saturated heterocycles. The maximum atomic E-state index is 12.7. The van der Waals surface area contributed by atoms with E-state index in [0.717, 1.165) is 24.3 Å². The van der Waals surface area contributed by atoms with E-state index in [-0.39, 0.29) is 36.3 Å². The Labute approximate surface area is 171 Å². The molecule has 2 fully saturated rings. The van der Waals surface area contributed by atoms with E-state index < -0.39 is 0 Å². The molecule has 0 aliphatic carbocycles. The number of nitrogens with zero attached hydrogens (tertiary/aromatic N) is 2. The van der Waals surface area contributed by atoms with Gasteiger partial charge in [0.25, 0.3) is 0 Å². The molecule has 2 unspecified atom stereocenters. The Bertz CT molecular complexity index is 736. The standard InChI is InChI=1S/C21H29N3O5/c1-3-28-18-9-7-17(8-10-18)24-14-16(12-19(24)25)22-21(27)23-11-5-6-15(13-23)20(26)29-4-2/h7-10,15-16H,3-6,11-14H2,1-2H3,(H,22,27). The molecule has 3 amide bonds. The molecule has 2 atom stereocenters. The summed E-state index contributed by atoms with van der Waals surface area (Å²) in [6, 6.07) is 6.88. The predicted molar refractivity (Wildman–Crippen MR) is 108 cm³/mol. The lowest BCUT2D eigenvalue weighted by atomic mass is 9.98. The summed E-state index contributed by atoms with van der Waals surface area (Å²) in [4.78, 5) is 40.4. The van der Waals surface area contributed by atoms with E-state index in [9.17, 15) is 14.4 Å². The van der Waals surface area contributed by atoms with Gasteiger partial charge in [-0.05, 0) is 51.0 Å². The first-order valence-corrected chi connectivity index (χ1v) is 10.3. The molecule has 1 aromatic rings. The molecule has 0 saturated carbocycles. The molecule has 2 aliphatic rings. The molecule has 0 radical (unpaired) electrons. The largest absolute Gasteiger partial charge is 0.494 e. The van der Waals surface area contributed by atoms with Crippen LogP contribution in [0.15, 0.2) is 24.3 Å². The Hall–Kier alpha value is -2.77. The van der Waals surface area contributed by atoms with Crippen molar-refractivity contribution in [3.8, 4) is 5.75 Å². The van der Waals surface area contributed by atoms with Crippen LogP contribution in [0.2, 0.25) is 0 Å². The van der Waals surface area contributed by atoms with Gasteiger partial charge in [0.2, 0.25) is 5.91 Å². The molecule has 0 aromatic heterocycles. The van der Waals surface area contributed by atoms with Gasteiger partial charge in [-0.2, -0.15) is 0 Å². The number of rotatable bonds is 6. The van der Waals surface area contributed by atoms with Crippen molar-refractivity contribution in [2.75, 3.05) is 37.7 Å². The van der Waals surface area contributed by atoms with Gasteiger partial charge in [-0.3, -0.25) is 9.59 Å². The Morgan fingerprint density at radius 1 is 1.14 bits per heavy atom. The minimum atomic E-state index is -0.278. The minimum absolute atomic E-state index is 0.0255. The molecule has 0 bridgehead atoms. The number of amides is 3. The van der Waals surface area contributed by atoms with Gasteiger partial charge in [-0.15, -0.1) is 0 Å². The molecule has 8 heteroatoms. The third-order valence-electron chi connectivity index (χ3n) is 5.24. The molecule has 2 heterocycles. The summed E-state index contributed by atoms with van der Waals surface area (Å²) in [6.07, 6.45) is 1.75. The van der Waals surface area contributed by atoms with Crippen LogP contribution in [0.5, 0.6) is 5.75 Å². The summed E-state index contributed by atoms with van der Waals surface area (Å²) in [6.45, 7) is 6.00. The predicted octanol–water partition coefficient (Wildman–Crippen LogP) is 2.18. The van der Waals surface area contributed by atoms with Crippen LogP contribution in [0.25, 0.3) is 0 Å². The lowest BCUT2D eigenvalue weighted by Crippen LogP contribution is -2.50. The molecule has 1 aromatic carbocycles. The van der Waals surface area contributed by atoms with Crippen molar-refractivity contribution in [3.63, 3.8) is 0 Å². The van der Waals surface area contributed by atoms with Crippen molar-refractivity contribution in [1.29, 1.82) is 0 Å². The summed E-state index contributed by atoms with van der Waals surface area (Å²) in [5.74, 6) is 0.208. The van der Waals surface area contributed by atoms with Crippen LogP contribution >= 0.6 is 0 Å². The maximum absolute atomic E-state index is 12.7. The third-order valence-corrected chi connectivity index (χ3v) is 5.24. The number of hydrogen-bond donors (Lipinski definition) is 1. The lowest BCUT2D eigenvalue weighted by Gasteiger charge is -2.32. The molecule has 8 nitrogen and oxygen atoms in total. The fourth-order valence-electron chi connectivity index (χ4n) is 3.82. The average Bonchev–Trinajstić information content (AvgIpc) is 3.09. The first-order valence-electron chi connectivity index (χ1n) is 10.3. The number of urea groups is 1. The normalized spacial score (nSPS) is 21.8. The van der Waals surface area contributed by atoms with E-state index in [4.69, 9.17) is 9.47 Å². The topological polar surface area (TPSA) is 88.2 Å². The monoisotopic (exact) mass is 403 g/mol. The van der Waals surface area contributed by atoms with Crippen molar-refractivity contribution < 1.29 is 23.9 Å². The number of likely N-dealkylation sites (tertiary alicyclic amines) is 1. The number of nitrogens with one attached hydrogen (secondary N) is 1. The van der Waals surface area contributed by atoms with Crippen LogP contribution in [0.4, 0.5) is 10.5 Å². The van der Waals surface area contributed by atoms with Crippen LogP contribution in [0, 0.1) is 5.92 Å². The highest BCUT2D eigenvalue weighted by molar-refractivity contribution is 5.96. The summed E-state index contributed by atoms with van der Waals surface area (Å²) in [7, 11) is 0. The van der Waals surface area contributed by atoms with Crippen molar-refractivity contribution >= 4 is 23.6 Å². The maximum Gasteiger partial charge on any atom is 0.317 e. The fraction of sp³-hybridized carbons (Fsp3) is 0.571. The Kier molecular flexibility index (Phi) is 6.95. The highest BCUT2D eigenvalue weighted by atomic mass is 16.5. The molecule has 0 spiro atoms. The van der Waals surface area contributed by atoms with E-state index in [1.807, 2.05) is 31.2 Å². The fourth-order valence-corrected chi connectivity index (χ4v) is 3.82. The van der Waals surface area contributed by atoms with Gasteiger partial charge in [0.05, 0.1) is 25.2 Å². The van der Waals surface area contributed by atoms with Gasteiger partial charge in [-0.25, -0.2) is 4.79 Å². The Morgan fingerprint density at radius 2 is 1.90 bits per heavy atom. The number of anilines is 1. The van der Waals surface area contributed by atoms with E-state index in [2.05, 4.69) is 5.32 Å². The average molecular weight is 403 g/mol. The second-order valence-corrected chi connectivity index (χ2v) is 7.32. The van der Waals surface area contributed by atoms with E-state index in [1.54, 1.807) is 16.7 Å². The number of esters is 1. The quantitative estimate of drug-likeness (QED) is 0.736. The highest BCUT2D eigenvalue weighted by Crippen LogP contribution is 2.25. The second kappa shape index (κ2) is 9.62. The van der Waals surface area contributed by atoms with Crippen LogP contribution in [-0.2, 0) is 14.3 Å². The van der Waals surface area contributed by atoms with Crippen LogP contribution in [0.3, 0.4) is 0 Å². The Morgan fingerprint density at radius 3 is 2.59 bits per heavy atom. The minimum Gasteiger partial charge on any atom is -0.494 e. The first kappa shape index (κ1) is 21.0. The van der Waals surface area contributed by atoms with Crippen molar-refractivity contribution in [2.24, 2.45) is 5.92 Å². The number of carbonyl (C=O) groups excluding carboxylic acids is 3. The van der Waals surface area contributed by atoms with Crippen LogP contribution in [-0.4, -0.2) is 61.7 Å². The molecule has 29 heavy (non-hydrogen) atoms. The summed E-state index contributed by atoms with van der Waals surface area (Å²) < 4.78 is 10.5. The van der Waals surface area contributed by atoms with E-state index in [1.165, 1.54) is 0 Å². The number of hydrogen-bond acceptors (Lipinski definition) is 5. The number of carbonyl (C=O) groups is 3. The van der Waals surface area contributed by atoms with Crippen LogP contribution in [0.1, 0.15) is 33.1 Å². The van der Waals surface area contributed by atoms with Gasteiger partial charge < -0.3 is 24.6 Å². The van der Waals surface area contributed by atoms with E-state index >= 15 is 0 Å². The van der Waals surface area contributed by atoms with Crippen molar-refractivity contribution in [2.45, 2.75) is 39.2 Å². The third kappa shape index (κ3) is 5.19.